The summed E-state index contributed by atoms with van der Waals surface area (Å²) < 4.78 is 11.3. The van der Waals surface area contributed by atoms with Gasteiger partial charge in [0, 0.05) is 25.0 Å². The highest BCUT2D eigenvalue weighted by Gasteiger charge is 2.47. The molecule has 2 rings (SSSR count). The molecule has 1 aliphatic carbocycles. The van der Waals surface area contributed by atoms with Gasteiger partial charge >= 0.3 is 5.97 Å². The molecule has 0 aromatic heterocycles. The van der Waals surface area contributed by atoms with Gasteiger partial charge in [-0.15, -0.1) is 0 Å². The number of aliphatic hydroxyl groups is 2. The lowest BCUT2D eigenvalue weighted by Gasteiger charge is -2.36. The van der Waals surface area contributed by atoms with Crippen molar-refractivity contribution in [3.05, 3.63) is 23.8 Å². The molecule has 5 atom stereocenters. The Morgan fingerprint density at radius 1 is 1.44 bits per heavy atom. The van der Waals surface area contributed by atoms with Crippen LogP contribution in [0.4, 0.5) is 0 Å². The average molecular weight is 352 g/mol. The number of aliphatic hydroxyl groups excluding tert-OH is 1. The van der Waals surface area contributed by atoms with E-state index in [1.54, 1.807) is 13.0 Å². The molecule has 0 amide bonds. The van der Waals surface area contributed by atoms with E-state index < -0.39 is 35.8 Å². The number of carbonyl (C=O) groups is 2. The third-order valence-electron chi connectivity index (χ3n) is 4.87. The zero-order valence-corrected chi connectivity index (χ0v) is 15.3. The maximum absolute atomic E-state index is 12.2. The third-order valence-corrected chi connectivity index (χ3v) is 4.87. The molecule has 2 aliphatic rings. The van der Waals surface area contributed by atoms with Gasteiger partial charge in [0.05, 0.1) is 23.7 Å². The Labute approximate surface area is 148 Å². The first-order valence-electron chi connectivity index (χ1n) is 8.66. The van der Waals surface area contributed by atoms with E-state index in [0.717, 1.165) is 0 Å². The molecule has 0 aromatic carbocycles. The van der Waals surface area contributed by atoms with E-state index in [4.69, 9.17) is 9.47 Å². The lowest BCUT2D eigenvalue weighted by Crippen LogP contribution is -2.47. The van der Waals surface area contributed by atoms with Crippen LogP contribution >= 0.6 is 0 Å². The average Bonchev–Trinajstić information content (AvgIpc) is 2.77. The lowest BCUT2D eigenvalue weighted by atomic mass is 9.79. The zero-order chi connectivity index (χ0) is 18.9. The molecule has 2 N–H and O–H groups in total. The van der Waals surface area contributed by atoms with Crippen molar-refractivity contribution < 1.29 is 29.3 Å². The highest BCUT2D eigenvalue weighted by molar-refractivity contribution is 5.96. The SMILES string of the molecule is C=C1C(=O)O[C@@H]2/C=C(/C)C(=O)C[C@@H](O)[C@](C)(O)C[C@@H](OCC(C)C)[C@@H]12. The largest absolute Gasteiger partial charge is 0.454 e. The number of hydrogen-bond donors (Lipinski definition) is 2. The Morgan fingerprint density at radius 3 is 2.68 bits per heavy atom. The maximum atomic E-state index is 12.2. The summed E-state index contributed by atoms with van der Waals surface area (Å²) in [5.74, 6) is -1.06. The Morgan fingerprint density at radius 2 is 2.08 bits per heavy atom. The van der Waals surface area contributed by atoms with Crippen LogP contribution in [-0.4, -0.2) is 52.5 Å². The molecule has 1 fully saturated rings. The first-order valence-corrected chi connectivity index (χ1v) is 8.66. The van der Waals surface area contributed by atoms with Gasteiger partial charge in [-0.05, 0) is 31.4 Å². The molecular weight excluding hydrogens is 324 g/mol. The highest BCUT2D eigenvalue weighted by atomic mass is 16.6. The predicted octanol–water partition coefficient (Wildman–Crippen LogP) is 1.55. The van der Waals surface area contributed by atoms with Crippen LogP contribution in [0.25, 0.3) is 0 Å². The van der Waals surface area contributed by atoms with Gasteiger partial charge in [-0.3, -0.25) is 4.79 Å². The number of esters is 1. The summed E-state index contributed by atoms with van der Waals surface area (Å²) in [5, 5.41) is 21.0. The third kappa shape index (κ3) is 4.37. The van der Waals surface area contributed by atoms with Crippen LogP contribution < -0.4 is 0 Å². The molecular formula is C19H28O6. The van der Waals surface area contributed by atoms with Crippen LogP contribution in [-0.2, 0) is 19.1 Å². The topological polar surface area (TPSA) is 93.1 Å². The summed E-state index contributed by atoms with van der Waals surface area (Å²) >= 11 is 0. The van der Waals surface area contributed by atoms with Gasteiger partial charge in [-0.25, -0.2) is 4.79 Å². The van der Waals surface area contributed by atoms with Gasteiger partial charge in [0.1, 0.15) is 6.10 Å². The Hall–Kier alpha value is -1.50. The first kappa shape index (κ1) is 19.8. The summed E-state index contributed by atoms with van der Waals surface area (Å²) in [6.45, 7) is 11.3. The smallest absolute Gasteiger partial charge is 0.334 e. The fraction of sp³-hybridized carbons (Fsp3) is 0.684. The van der Waals surface area contributed by atoms with Crippen molar-refractivity contribution >= 4 is 11.8 Å². The van der Waals surface area contributed by atoms with Gasteiger partial charge in [0.15, 0.2) is 5.78 Å². The second-order valence-electron chi connectivity index (χ2n) is 7.74. The minimum absolute atomic E-state index is 0.0673. The van der Waals surface area contributed by atoms with Gasteiger partial charge < -0.3 is 19.7 Å². The number of ketones is 1. The molecule has 25 heavy (non-hydrogen) atoms. The van der Waals surface area contributed by atoms with E-state index >= 15 is 0 Å². The Bertz CT molecular complexity index is 589. The molecule has 140 valence electrons. The Balaban J connectivity index is 2.45. The van der Waals surface area contributed by atoms with Crippen LogP contribution in [0.1, 0.15) is 40.5 Å². The van der Waals surface area contributed by atoms with E-state index in [1.165, 1.54) is 6.92 Å². The lowest BCUT2D eigenvalue weighted by molar-refractivity contribution is -0.140. The quantitative estimate of drug-likeness (QED) is 0.591. The van der Waals surface area contributed by atoms with Gasteiger partial charge in [-0.1, -0.05) is 20.4 Å². The molecule has 0 bridgehead atoms. The molecule has 0 unspecified atom stereocenters. The van der Waals surface area contributed by atoms with Crippen molar-refractivity contribution in [3.63, 3.8) is 0 Å². The van der Waals surface area contributed by atoms with Gasteiger partial charge in [0.2, 0.25) is 0 Å². The molecule has 1 aliphatic heterocycles. The maximum Gasteiger partial charge on any atom is 0.334 e. The standard InChI is InChI=1S/C19H28O6/c1-10(2)9-24-15-8-19(5,23)16(21)7-13(20)11(3)6-14-17(15)12(4)18(22)25-14/h6,10,14-17,21,23H,4,7-9H2,1-3,5H3/b11-6-/t14-,15-,16-,17+,19-/m1/s1. The van der Waals surface area contributed by atoms with Crippen molar-refractivity contribution in [2.24, 2.45) is 11.8 Å². The van der Waals surface area contributed by atoms with Gasteiger partial charge in [0.25, 0.3) is 0 Å². The molecule has 1 heterocycles. The molecule has 0 spiro atoms. The van der Waals surface area contributed by atoms with Crippen molar-refractivity contribution in [2.45, 2.75) is 64.4 Å². The molecule has 0 radical (unpaired) electrons. The monoisotopic (exact) mass is 352 g/mol. The van der Waals surface area contributed by atoms with E-state index in [0.29, 0.717) is 12.2 Å². The van der Waals surface area contributed by atoms with Crippen LogP contribution in [0.2, 0.25) is 0 Å². The normalized spacial score (nSPS) is 39.0. The van der Waals surface area contributed by atoms with E-state index in [9.17, 15) is 19.8 Å². The van der Waals surface area contributed by atoms with Crippen LogP contribution in [0.5, 0.6) is 0 Å². The number of ether oxygens (including phenoxy) is 2. The highest BCUT2D eigenvalue weighted by Crippen LogP contribution is 2.38. The summed E-state index contributed by atoms with van der Waals surface area (Å²) in [6.07, 6.45) is -0.977. The van der Waals surface area contributed by atoms with Crippen LogP contribution in [0.3, 0.4) is 0 Å². The summed E-state index contributed by atoms with van der Waals surface area (Å²) in [7, 11) is 0. The second kappa shape index (κ2) is 7.40. The number of Topliss-reactive ketones (excluding diaryl/α,β-unsaturated/α-hetero) is 1. The molecule has 6 nitrogen and oxygen atoms in total. The number of rotatable bonds is 3. The minimum atomic E-state index is -1.54. The summed E-state index contributed by atoms with van der Waals surface area (Å²) in [4.78, 5) is 24.3. The van der Waals surface area contributed by atoms with Crippen molar-refractivity contribution in [2.75, 3.05) is 6.61 Å². The van der Waals surface area contributed by atoms with Crippen LogP contribution in [0.15, 0.2) is 23.8 Å². The molecule has 0 saturated carbocycles. The number of fused-ring (bicyclic) bond motifs is 1. The number of hydrogen-bond acceptors (Lipinski definition) is 6. The second-order valence-corrected chi connectivity index (χ2v) is 7.74. The number of carbonyl (C=O) groups excluding carboxylic acids is 2. The van der Waals surface area contributed by atoms with Crippen molar-refractivity contribution in [1.82, 2.24) is 0 Å². The van der Waals surface area contributed by atoms with Crippen molar-refractivity contribution in [3.8, 4) is 0 Å². The minimum Gasteiger partial charge on any atom is -0.454 e. The van der Waals surface area contributed by atoms with Gasteiger partial charge in [-0.2, -0.15) is 0 Å². The first-order chi connectivity index (χ1) is 11.5. The number of allylic oxidation sites excluding steroid dienone is 1. The molecule has 1 saturated heterocycles. The molecule has 0 aromatic rings. The van der Waals surface area contributed by atoms with E-state index in [1.807, 2.05) is 13.8 Å². The fourth-order valence-electron chi connectivity index (χ4n) is 3.23. The summed E-state index contributed by atoms with van der Waals surface area (Å²) in [6, 6.07) is 0. The Kier molecular flexibility index (Phi) is 5.86. The van der Waals surface area contributed by atoms with Crippen molar-refractivity contribution in [1.29, 1.82) is 0 Å². The zero-order valence-electron chi connectivity index (χ0n) is 15.3. The van der Waals surface area contributed by atoms with E-state index in [2.05, 4.69) is 6.58 Å². The summed E-state index contributed by atoms with van der Waals surface area (Å²) in [5.41, 5.74) is -0.885. The van der Waals surface area contributed by atoms with Crippen LogP contribution in [0, 0.1) is 11.8 Å². The predicted molar refractivity (Wildman–Crippen MR) is 91.7 cm³/mol. The fourth-order valence-corrected chi connectivity index (χ4v) is 3.23. The molecule has 6 heteroatoms. The van der Waals surface area contributed by atoms with E-state index in [-0.39, 0.29) is 30.1 Å².